The fourth-order valence-electron chi connectivity index (χ4n) is 3.32. The second-order valence-electron chi connectivity index (χ2n) is 7.88. The highest BCUT2D eigenvalue weighted by molar-refractivity contribution is 5.94. The topological polar surface area (TPSA) is 122 Å². The molecule has 8 heteroatoms. The van der Waals surface area contributed by atoms with Crippen molar-refractivity contribution in [3.05, 3.63) is 77.7 Å². The van der Waals surface area contributed by atoms with Gasteiger partial charge in [-0.3, -0.25) is 14.8 Å². The molecule has 0 saturated heterocycles. The van der Waals surface area contributed by atoms with Crippen molar-refractivity contribution < 1.29 is 9.59 Å². The molecule has 8 nitrogen and oxygen atoms in total. The molecule has 1 aliphatic carbocycles. The second kappa shape index (κ2) is 10.0. The van der Waals surface area contributed by atoms with Crippen LogP contribution < -0.4 is 21.7 Å². The summed E-state index contributed by atoms with van der Waals surface area (Å²) in [5.74, 6) is 0.251. The van der Waals surface area contributed by atoms with Crippen molar-refractivity contribution in [1.82, 2.24) is 20.6 Å². The third-order valence-corrected chi connectivity index (χ3v) is 5.28. The Kier molecular flexibility index (Phi) is 6.72. The number of anilines is 1. The Morgan fingerprint density at radius 3 is 2.53 bits per heavy atom. The van der Waals surface area contributed by atoms with Crippen molar-refractivity contribution in [2.45, 2.75) is 25.9 Å². The first-order chi connectivity index (χ1) is 15.6. The van der Waals surface area contributed by atoms with E-state index in [-0.39, 0.29) is 6.03 Å². The number of benzene rings is 1. The summed E-state index contributed by atoms with van der Waals surface area (Å²) in [6.07, 6.45) is 5.91. The van der Waals surface area contributed by atoms with E-state index >= 15 is 0 Å². The van der Waals surface area contributed by atoms with Crippen LogP contribution in [0.1, 0.15) is 34.5 Å². The van der Waals surface area contributed by atoms with E-state index < -0.39 is 5.91 Å². The highest BCUT2D eigenvalue weighted by Crippen LogP contribution is 2.28. The van der Waals surface area contributed by atoms with Gasteiger partial charge in [-0.2, -0.15) is 0 Å². The minimum atomic E-state index is -0.482. The van der Waals surface area contributed by atoms with Crippen molar-refractivity contribution in [3.63, 3.8) is 0 Å². The first-order valence-corrected chi connectivity index (χ1v) is 10.6. The summed E-state index contributed by atoms with van der Waals surface area (Å²) < 4.78 is 0. The number of aromatic nitrogens is 2. The predicted octanol–water partition coefficient (Wildman–Crippen LogP) is 3.06. The summed E-state index contributed by atoms with van der Waals surface area (Å²) in [6, 6.07) is 14.3. The van der Waals surface area contributed by atoms with Crippen molar-refractivity contribution in [2.24, 2.45) is 11.7 Å². The number of urea groups is 1. The van der Waals surface area contributed by atoms with Gasteiger partial charge in [-0.05, 0) is 61.2 Å². The van der Waals surface area contributed by atoms with Crippen LogP contribution in [0, 0.1) is 5.92 Å². The summed E-state index contributed by atoms with van der Waals surface area (Å²) in [6.45, 7) is 1.82. The van der Waals surface area contributed by atoms with E-state index in [0.717, 1.165) is 29.3 Å². The second-order valence-corrected chi connectivity index (χ2v) is 7.88. The van der Waals surface area contributed by atoms with Gasteiger partial charge in [0.2, 0.25) is 0 Å². The zero-order valence-electron chi connectivity index (χ0n) is 17.7. The lowest BCUT2D eigenvalue weighted by molar-refractivity contribution is 0.0999. The Morgan fingerprint density at radius 1 is 1.03 bits per heavy atom. The van der Waals surface area contributed by atoms with Gasteiger partial charge >= 0.3 is 6.03 Å². The number of carbonyl (C=O) groups excluding carboxylic acids is 2. The van der Waals surface area contributed by atoms with Crippen LogP contribution >= 0.6 is 0 Å². The van der Waals surface area contributed by atoms with Crippen molar-refractivity contribution in [3.8, 4) is 11.3 Å². The number of hydrogen-bond acceptors (Lipinski definition) is 5. The zero-order chi connectivity index (χ0) is 22.3. The minimum absolute atomic E-state index is 0.297. The van der Waals surface area contributed by atoms with Gasteiger partial charge in [-0.25, -0.2) is 4.79 Å². The van der Waals surface area contributed by atoms with Gasteiger partial charge in [0, 0.05) is 36.7 Å². The molecule has 0 unspecified atom stereocenters. The molecule has 32 heavy (non-hydrogen) atoms. The Morgan fingerprint density at radius 2 is 1.84 bits per heavy atom. The molecule has 1 aromatic carbocycles. The summed E-state index contributed by atoms with van der Waals surface area (Å²) in [5.41, 5.74) is 9.80. The normalized spacial score (nSPS) is 12.9. The summed E-state index contributed by atoms with van der Waals surface area (Å²) in [5, 5.41) is 8.97. The predicted molar refractivity (Wildman–Crippen MR) is 123 cm³/mol. The average molecular weight is 431 g/mol. The Bertz CT molecular complexity index is 1080. The van der Waals surface area contributed by atoms with Crippen molar-refractivity contribution >= 4 is 17.6 Å². The van der Waals surface area contributed by atoms with E-state index in [1.165, 1.54) is 12.8 Å². The molecule has 164 valence electrons. The number of nitrogens with zero attached hydrogens (tertiary/aromatic N) is 2. The third-order valence-electron chi connectivity index (χ3n) is 5.28. The Hall–Kier alpha value is -3.78. The molecular formula is C24H26N6O2. The average Bonchev–Trinajstić information content (AvgIpc) is 3.63. The number of nitrogens with one attached hydrogen (secondary N) is 3. The molecule has 3 amide bonds. The lowest BCUT2D eigenvalue weighted by atomic mass is 10.1. The molecule has 0 spiro atoms. The monoisotopic (exact) mass is 430 g/mol. The maximum Gasteiger partial charge on any atom is 0.319 e. The van der Waals surface area contributed by atoms with Crippen LogP contribution in [0.15, 0.2) is 60.9 Å². The molecule has 0 aliphatic heterocycles. The standard InChI is InChI=1S/C24H26N6O2/c25-23(31)20-9-10-21(30-22(20)15-27-12-16-3-4-16)18-5-7-19(8-6-18)29-24(32)28-14-17-2-1-11-26-13-17/h1-2,5-11,13,16,27H,3-4,12,14-15H2,(H2,25,31)(H2,28,29,32). The highest BCUT2D eigenvalue weighted by Gasteiger charge is 2.21. The molecule has 1 fully saturated rings. The van der Waals surface area contributed by atoms with Crippen molar-refractivity contribution in [2.75, 3.05) is 11.9 Å². The van der Waals surface area contributed by atoms with Crippen LogP contribution in [0.3, 0.4) is 0 Å². The number of hydrogen-bond donors (Lipinski definition) is 4. The number of amides is 3. The van der Waals surface area contributed by atoms with E-state index in [9.17, 15) is 9.59 Å². The molecule has 4 rings (SSSR count). The lowest BCUT2D eigenvalue weighted by Gasteiger charge is -2.11. The Balaban J connectivity index is 1.38. The molecule has 0 bridgehead atoms. The molecule has 1 aliphatic rings. The van der Waals surface area contributed by atoms with E-state index in [0.29, 0.717) is 30.0 Å². The van der Waals surface area contributed by atoms with E-state index in [1.807, 2.05) is 36.4 Å². The number of pyridine rings is 2. The molecule has 2 heterocycles. The Labute approximate surface area is 186 Å². The maximum atomic E-state index is 12.1. The van der Waals surface area contributed by atoms with Gasteiger partial charge < -0.3 is 21.7 Å². The molecule has 3 aromatic rings. The number of carbonyl (C=O) groups is 2. The number of nitrogens with two attached hydrogens (primary N) is 1. The summed E-state index contributed by atoms with van der Waals surface area (Å²) >= 11 is 0. The van der Waals surface area contributed by atoms with Crippen LogP contribution in [-0.2, 0) is 13.1 Å². The largest absolute Gasteiger partial charge is 0.366 e. The van der Waals surface area contributed by atoms with Gasteiger partial charge in [0.25, 0.3) is 5.91 Å². The van der Waals surface area contributed by atoms with Gasteiger partial charge in [0.15, 0.2) is 0 Å². The van der Waals surface area contributed by atoms with Gasteiger partial charge in [0.05, 0.1) is 17.0 Å². The maximum absolute atomic E-state index is 12.1. The molecule has 2 aromatic heterocycles. The quantitative estimate of drug-likeness (QED) is 0.416. The van der Waals surface area contributed by atoms with Gasteiger partial charge in [-0.15, -0.1) is 0 Å². The number of primary amides is 1. The molecule has 5 N–H and O–H groups in total. The van der Waals surface area contributed by atoms with Gasteiger partial charge in [0.1, 0.15) is 0 Å². The smallest absolute Gasteiger partial charge is 0.319 e. The van der Waals surface area contributed by atoms with Crippen LogP contribution in [0.5, 0.6) is 0 Å². The van der Waals surface area contributed by atoms with Gasteiger partial charge in [-0.1, -0.05) is 18.2 Å². The fourth-order valence-corrected chi connectivity index (χ4v) is 3.32. The van der Waals surface area contributed by atoms with E-state index in [1.54, 1.807) is 24.5 Å². The third kappa shape index (κ3) is 5.89. The van der Waals surface area contributed by atoms with Crippen LogP contribution in [0.2, 0.25) is 0 Å². The zero-order valence-corrected chi connectivity index (χ0v) is 17.7. The van der Waals surface area contributed by atoms with E-state index in [2.05, 4.69) is 25.9 Å². The first-order valence-electron chi connectivity index (χ1n) is 10.6. The fraction of sp³-hybridized carbons (Fsp3) is 0.250. The summed E-state index contributed by atoms with van der Waals surface area (Å²) in [4.78, 5) is 32.6. The highest BCUT2D eigenvalue weighted by atomic mass is 16.2. The van der Waals surface area contributed by atoms with Crippen LogP contribution in [-0.4, -0.2) is 28.5 Å². The molecule has 1 saturated carbocycles. The molecule has 0 atom stereocenters. The lowest BCUT2D eigenvalue weighted by Crippen LogP contribution is -2.28. The van der Waals surface area contributed by atoms with E-state index in [4.69, 9.17) is 5.73 Å². The van der Waals surface area contributed by atoms with Crippen LogP contribution in [0.4, 0.5) is 10.5 Å². The van der Waals surface area contributed by atoms with Crippen molar-refractivity contribution in [1.29, 1.82) is 0 Å². The molecular weight excluding hydrogens is 404 g/mol. The summed E-state index contributed by atoms with van der Waals surface area (Å²) in [7, 11) is 0. The minimum Gasteiger partial charge on any atom is -0.366 e. The molecule has 0 radical (unpaired) electrons. The number of rotatable bonds is 9. The van der Waals surface area contributed by atoms with Crippen LogP contribution in [0.25, 0.3) is 11.3 Å². The first kappa shape index (κ1) is 21.5. The SMILES string of the molecule is NC(=O)c1ccc(-c2ccc(NC(=O)NCc3cccnc3)cc2)nc1CNCC1CC1.